The van der Waals surface area contributed by atoms with Gasteiger partial charge in [-0.25, -0.2) is 5.32 Å². The number of rotatable bonds is 1. The summed E-state index contributed by atoms with van der Waals surface area (Å²) in [7, 11) is 0. The molecule has 2 nitrogen and oxygen atoms in total. The van der Waals surface area contributed by atoms with Crippen molar-refractivity contribution >= 4 is 5.84 Å². The molecule has 0 aromatic rings. The summed E-state index contributed by atoms with van der Waals surface area (Å²) in [5, 5.41) is 4.18. The van der Waals surface area contributed by atoms with Gasteiger partial charge >= 0.3 is 0 Å². The second-order valence-electron chi connectivity index (χ2n) is 3.26. The van der Waals surface area contributed by atoms with Crippen LogP contribution >= 0.6 is 0 Å². The third-order valence-electron chi connectivity index (χ3n) is 2.29. The summed E-state index contributed by atoms with van der Waals surface area (Å²) in [5.41, 5.74) is 0. The number of allylic oxidation sites excluding steroid dienone is 2. The maximum atomic E-state index is 4.55. The van der Waals surface area contributed by atoms with Crippen LogP contribution in [0.25, 0.3) is 0 Å². The maximum absolute atomic E-state index is 4.55. The summed E-state index contributed by atoms with van der Waals surface area (Å²) in [6.07, 6.45) is 12.8. The molecule has 1 aliphatic carbocycles. The molecule has 1 aliphatic heterocycles. The van der Waals surface area contributed by atoms with Crippen LogP contribution < -0.4 is 5.32 Å². The van der Waals surface area contributed by atoms with Gasteiger partial charge in [0.25, 0.3) is 0 Å². The van der Waals surface area contributed by atoms with Crippen LogP contribution in [0.2, 0.25) is 0 Å². The van der Waals surface area contributed by atoms with Crippen molar-refractivity contribution in [3.05, 3.63) is 24.4 Å². The standard InChI is InChI=1S/C10H13N2/c1-2-6-9(5-1)12-10-7-3-4-8-11-10/h3-4,7-9H,1-2,5-6H2. The molecular weight excluding hydrogens is 148 g/mol. The molecule has 1 radical (unpaired) electrons. The van der Waals surface area contributed by atoms with Gasteiger partial charge < -0.3 is 0 Å². The SMILES string of the molecule is C1=C[N]C(=NC2CCCC2)C=C1. The summed E-state index contributed by atoms with van der Waals surface area (Å²) >= 11 is 0. The number of hydrogen-bond donors (Lipinski definition) is 0. The predicted molar refractivity (Wildman–Crippen MR) is 50.1 cm³/mol. The first-order chi connectivity index (χ1) is 5.95. The molecule has 0 saturated heterocycles. The zero-order valence-corrected chi connectivity index (χ0v) is 7.11. The molecule has 0 unspecified atom stereocenters. The fourth-order valence-corrected chi connectivity index (χ4v) is 1.65. The third-order valence-corrected chi connectivity index (χ3v) is 2.29. The molecular formula is C10H13N2. The van der Waals surface area contributed by atoms with Gasteiger partial charge in [0.05, 0.1) is 6.04 Å². The van der Waals surface area contributed by atoms with Crippen LogP contribution in [0, 0.1) is 0 Å². The van der Waals surface area contributed by atoms with Crippen molar-refractivity contribution in [2.24, 2.45) is 4.99 Å². The normalized spacial score (nSPS) is 26.5. The highest BCUT2D eigenvalue weighted by atomic mass is 15.0. The van der Waals surface area contributed by atoms with E-state index in [1.807, 2.05) is 18.2 Å². The number of amidine groups is 1. The molecule has 2 heteroatoms. The zero-order chi connectivity index (χ0) is 8.23. The molecule has 1 saturated carbocycles. The van der Waals surface area contributed by atoms with E-state index in [0.29, 0.717) is 6.04 Å². The summed E-state index contributed by atoms with van der Waals surface area (Å²) < 4.78 is 0. The topological polar surface area (TPSA) is 26.5 Å². The molecule has 63 valence electrons. The van der Waals surface area contributed by atoms with E-state index in [1.165, 1.54) is 25.7 Å². The quantitative estimate of drug-likeness (QED) is 0.562. The molecule has 2 rings (SSSR count). The monoisotopic (exact) mass is 161 g/mol. The number of nitrogens with zero attached hydrogens (tertiary/aromatic N) is 2. The predicted octanol–water partition coefficient (Wildman–Crippen LogP) is 2.02. The van der Waals surface area contributed by atoms with E-state index >= 15 is 0 Å². The fraction of sp³-hybridized carbons (Fsp3) is 0.500. The molecule has 1 heterocycles. The highest BCUT2D eigenvalue weighted by Crippen LogP contribution is 2.21. The van der Waals surface area contributed by atoms with Crippen LogP contribution in [0.4, 0.5) is 0 Å². The van der Waals surface area contributed by atoms with Crippen LogP contribution in [0.15, 0.2) is 29.4 Å². The Hall–Kier alpha value is -1.05. The molecule has 0 atom stereocenters. The lowest BCUT2D eigenvalue weighted by Crippen LogP contribution is -2.12. The Balaban J connectivity index is 1.97. The molecule has 0 aromatic carbocycles. The van der Waals surface area contributed by atoms with Gasteiger partial charge in [-0.15, -0.1) is 0 Å². The van der Waals surface area contributed by atoms with Crippen molar-refractivity contribution in [2.75, 3.05) is 0 Å². The van der Waals surface area contributed by atoms with Crippen molar-refractivity contribution in [1.82, 2.24) is 5.32 Å². The third kappa shape index (κ3) is 1.76. The Kier molecular flexibility index (Phi) is 2.26. The first-order valence-corrected chi connectivity index (χ1v) is 4.57. The van der Waals surface area contributed by atoms with Crippen LogP contribution in [0.5, 0.6) is 0 Å². The Morgan fingerprint density at radius 3 is 2.75 bits per heavy atom. The van der Waals surface area contributed by atoms with Crippen LogP contribution in [-0.4, -0.2) is 11.9 Å². The van der Waals surface area contributed by atoms with Gasteiger partial charge in [0.1, 0.15) is 5.84 Å². The van der Waals surface area contributed by atoms with E-state index in [-0.39, 0.29) is 0 Å². The fourth-order valence-electron chi connectivity index (χ4n) is 1.65. The maximum Gasteiger partial charge on any atom is 0.147 e. The second-order valence-corrected chi connectivity index (χ2v) is 3.26. The summed E-state index contributed by atoms with van der Waals surface area (Å²) in [6.45, 7) is 0. The first-order valence-electron chi connectivity index (χ1n) is 4.57. The average Bonchev–Trinajstić information content (AvgIpc) is 2.59. The van der Waals surface area contributed by atoms with Crippen LogP contribution in [0.1, 0.15) is 25.7 Å². The minimum absolute atomic E-state index is 0.542. The van der Waals surface area contributed by atoms with Crippen molar-refractivity contribution in [3.63, 3.8) is 0 Å². The summed E-state index contributed by atoms with van der Waals surface area (Å²) in [4.78, 5) is 4.55. The Morgan fingerprint density at radius 1 is 1.25 bits per heavy atom. The van der Waals surface area contributed by atoms with Gasteiger partial charge in [-0.1, -0.05) is 18.9 Å². The average molecular weight is 161 g/mol. The van der Waals surface area contributed by atoms with Gasteiger partial charge in [-0.05, 0) is 25.0 Å². The number of aliphatic imine (C=N–C) groups is 1. The largest absolute Gasteiger partial charge is 0.263 e. The highest BCUT2D eigenvalue weighted by molar-refractivity contribution is 5.94. The van der Waals surface area contributed by atoms with E-state index in [2.05, 4.69) is 10.3 Å². The smallest absolute Gasteiger partial charge is 0.147 e. The van der Waals surface area contributed by atoms with Crippen molar-refractivity contribution in [1.29, 1.82) is 0 Å². The van der Waals surface area contributed by atoms with E-state index in [0.717, 1.165) is 5.84 Å². The van der Waals surface area contributed by atoms with Gasteiger partial charge in [-0.2, -0.15) is 0 Å². The van der Waals surface area contributed by atoms with E-state index in [9.17, 15) is 0 Å². The Labute approximate surface area is 73.1 Å². The lowest BCUT2D eigenvalue weighted by Gasteiger charge is -2.05. The minimum atomic E-state index is 0.542. The molecule has 0 amide bonds. The zero-order valence-electron chi connectivity index (χ0n) is 7.11. The highest BCUT2D eigenvalue weighted by Gasteiger charge is 2.14. The van der Waals surface area contributed by atoms with Gasteiger partial charge in [0.2, 0.25) is 0 Å². The van der Waals surface area contributed by atoms with E-state index < -0.39 is 0 Å². The Bertz CT molecular complexity index is 232. The molecule has 1 fully saturated rings. The van der Waals surface area contributed by atoms with Gasteiger partial charge in [0, 0.05) is 6.20 Å². The summed E-state index contributed by atoms with van der Waals surface area (Å²) in [6, 6.07) is 0.542. The molecule has 2 aliphatic rings. The first kappa shape index (κ1) is 7.59. The van der Waals surface area contributed by atoms with Gasteiger partial charge in [0.15, 0.2) is 0 Å². The van der Waals surface area contributed by atoms with Crippen molar-refractivity contribution in [2.45, 2.75) is 31.7 Å². The van der Waals surface area contributed by atoms with Crippen molar-refractivity contribution < 1.29 is 0 Å². The minimum Gasteiger partial charge on any atom is -0.263 e. The lowest BCUT2D eigenvalue weighted by atomic mass is 10.2. The lowest BCUT2D eigenvalue weighted by molar-refractivity contribution is 0.704. The summed E-state index contributed by atoms with van der Waals surface area (Å²) in [5.74, 6) is 0.893. The molecule has 12 heavy (non-hydrogen) atoms. The van der Waals surface area contributed by atoms with E-state index in [4.69, 9.17) is 0 Å². The molecule has 0 spiro atoms. The van der Waals surface area contributed by atoms with Crippen molar-refractivity contribution in [3.8, 4) is 0 Å². The Morgan fingerprint density at radius 2 is 2.08 bits per heavy atom. The molecule has 0 aromatic heterocycles. The molecule has 0 bridgehead atoms. The number of hydrogen-bond acceptors (Lipinski definition) is 1. The van der Waals surface area contributed by atoms with Crippen LogP contribution in [-0.2, 0) is 0 Å². The van der Waals surface area contributed by atoms with Crippen LogP contribution in [0.3, 0.4) is 0 Å². The second kappa shape index (κ2) is 3.57. The van der Waals surface area contributed by atoms with E-state index in [1.54, 1.807) is 6.20 Å². The van der Waals surface area contributed by atoms with Gasteiger partial charge in [-0.3, -0.25) is 4.99 Å². The molecule has 0 N–H and O–H groups in total.